The van der Waals surface area contributed by atoms with Gasteiger partial charge in [0, 0.05) is 0 Å². The van der Waals surface area contributed by atoms with E-state index < -0.39 is 0 Å². The summed E-state index contributed by atoms with van der Waals surface area (Å²) in [6.07, 6.45) is 3.58. The molecule has 0 saturated heterocycles. The number of hydrogen-bond acceptors (Lipinski definition) is 3. The van der Waals surface area contributed by atoms with Gasteiger partial charge in [-0.1, -0.05) is 6.07 Å². The van der Waals surface area contributed by atoms with Gasteiger partial charge in [0.25, 0.3) is 0 Å². The number of nitrogens with two attached hydrogens (primary N) is 1. The van der Waals surface area contributed by atoms with Gasteiger partial charge in [0.15, 0.2) is 11.5 Å². The standard InChI is InChI=1S/C12H15NO2/c13-6-5-12(3-4-12)9-1-2-10-11(7-9)15-8-14-10/h1-2,7H,3-6,8,13H2. The van der Waals surface area contributed by atoms with Crippen LogP contribution in [0.1, 0.15) is 24.8 Å². The van der Waals surface area contributed by atoms with Crippen LogP contribution in [-0.2, 0) is 5.41 Å². The zero-order chi connectivity index (χ0) is 10.3. The van der Waals surface area contributed by atoms with Crippen LogP contribution in [0, 0.1) is 0 Å². The lowest BCUT2D eigenvalue weighted by Gasteiger charge is -2.14. The first-order valence-corrected chi connectivity index (χ1v) is 5.44. The Bertz CT molecular complexity index is 385. The summed E-state index contributed by atoms with van der Waals surface area (Å²) in [6.45, 7) is 1.11. The highest BCUT2D eigenvalue weighted by atomic mass is 16.7. The van der Waals surface area contributed by atoms with E-state index >= 15 is 0 Å². The Labute approximate surface area is 89.2 Å². The van der Waals surface area contributed by atoms with Crippen LogP contribution < -0.4 is 15.2 Å². The average molecular weight is 205 g/mol. The van der Waals surface area contributed by atoms with Crippen molar-refractivity contribution < 1.29 is 9.47 Å². The predicted octanol–water partition coefficient (Wildman–Crippen LogP) is 1.80. The molecule has 0 spiro atoms. The molecule has 1 saturated carbocycles. The van der Waals surface area contributed by atoms with Crippen LogP contribution in [0.2, 0.25) is 0 Å². The molecule has 0 atom stereocenters. The Morgan fingerprint density at radius 2 is 2.00 bits per heavy atom. The summed E-state index contributed by atoms with van der Waals surface area (Å²) >= 11 is 0. The Hall–Kier alpha value is -1.22. The number of benzene rings is 1. The van der Waals surface area contributed by atoms with Crippen molar-refractivity contribution in [2.45, 2.75) is 24.7 Å². The van der Waals surface area contributed by atoms with Gasteiger partial charge in [0.05, 0.1) is 0 Å². The second kappa shape index (κ2) is 3.14. The Balaban J connectivity index is 1.93. The SMILES string of the molecule is NCCC1(c2ccc3c(c2)OCO3)CC1. The fraction of sp³-hybridized carbons (Fsp3) is 0.500. The van der Waals surface area contributed by atoms with E-state index in [-0.39, 0.29) is 0 Å². The molecule has 1 aromatic rings. The molecule has 0 aromatic heterocycles. The molecule has 80 valence electrons. The van der Waals surface area contributed by atoms with Gasteiger partial charge in [-0.15, -0.1) is 0 Å². The molecule has 1 aromatic carbocycles. The summed E-state index contributed by atoms with van der Waals surface area (Å²) in [6, 6.07) is 6.27. The highest BCUT2D eigenvalue weighted by Gasteiger charge is 2.43. The molecular formula is C12H15NO2. The van der Waals surface area contributed by atoms with Crippen LogP contribution in [0.3, 0.4) is 0 Å². The van der Waals surface area contributed by atoms with E-state index in [1.165, 1.54) is 18.4 Å². The molecule has 2 N–H and O–H groups in total. The van der Waals surface area contributed by atoms with E-state index in [1.807, 2.05) is 6.07 Å². The van der Waals surface area contributed by atoms with Crippen LogP contribution in [-0.4, -0.2) is 13.3 Å². The van der Waals surface area contributed by atoms with E-state index in [0.717, 1.165) is 24.5 Å². The lowest BCUT2D eigenvalue weighted by molar-refractivity contribution is 0.174. The summed E-state index contributed by atoms with van der Waals surface area (Å²) in [5.41, 5.74) is 7.35. The van der Waals surface area contributed by atoms with Crippen molar-refractivity contribution in [2.75, 3.05) is 13.3 Å². The fourth-order valence-electron chi connectivity index (χ4n) is 2.34. The molecule has 0 amide bonds. The van der Waals surface area contributed by atoms with Gasteiger partial charge in [-0.05, 0) is 48.9 Å². The van der Waals surface area contributed by atoms with Gasteiger partial charge < -0.3 is 15.2 Å². The quantitative estimate of drug-likeness (QED) is 0.818. The van der Waals surface area contributed by atoms with Crippen molar-refractivity contribution >= 4 is 0 Å². The number of fused-ring (bicyclic) bond motifs is 1. The average Bonchev–Trinajstić information content (AvgIpc) is 2.89. The van der Waals surface area contributed by atoms with Gasteiger partial charge >= 0.3 is 0 Å². The molecule has 3 rings (SSSR count). The monoisotopic (exact) mass is 205 g/mol. The van der Waals surface area contributed by atoms with Crippen molar-refractivity contribution in [3.63, 3.8) is 0 Å². The molecule has 15 heavy (non-hydrogen) atoms. The molecule has 1 aliphatic heterocycles. The maximum Gasteiger partial charge on any atom is 0.231 e. The van der Waals surface area contributed by atoms with E-state index in [1.54, 1.807) is 0 Å². The van der Waals surface area contributed by atoms with Gasteiger partial charge in [-0.25, -0.2) is 0 Å². The molecule has 1 fully saturated rings. The van der Waals surface area contributed by atoms with Gasteiger partial charge in [-0.2, -0.15) is 0 Å². The minimum atomic E-state index is 0.343. The fourth-order valence-corrected chi connectivity index (χ4v) is 2.34. The van der Waals surface area contributed by atoms with Crippen LogP contribution in [0.15, 0.2) is 18.2 Å². The first kappa shape index (κ1) is 9.04. The first-order valence-electron chi connectivity index (χ1n) is 5.44. The molecule has 1 aliphatic carbocycles. The van der Waals surface area contributed by atoms with Gasteiger partial charge in [0.2, 0.25) is 6.79 Å². The van der Waals surface area contributed by atoms with Crippen molar-refractivity contribution in [3.05, 3.63) is 23.8 Å². The molecule has 0 unspecified atom stereocenters. The summed E-state index contributed by atoms with van der Waals surface area (Å²) in [7, 11) is 0. The van der Waals surface area contributed by atoms with E-state index in [9.17, 15) is 0 Å². The summed E-state index contributed by atoms with van der Waals surface area (Å²) in [5.74, 6) is 1.75. The molecule has 3 heteroatoms. The molecule has 1 heterocycles. The first-order chi connectivity index (χ1) is 7.34. The summed E-state index contributed by atoms with van der Waals surface area (Å²) in [5, 5.41) is 0. The number of hydrogen-bond donors (Lipinski definition) is 1. The van der Waals surface area contributed by atoms with Crippen LogP contribution >= 0.6 is 0 Å². The van der Waals surface area contributed by atoms with Crippen molar-refractivity contribution in [2.24, 2.45) is 5.73 Å². The molecule has 0 bridgehead atoms. The maximum absolute atomic E-state index is 5.65. The van der Waals surface area contributed by atoms with Gasteiger partial charge in [0.1, 0.15) is 0 Å². The van der Waals surface area contributed by atoms with Crippen LogP contribution in [0.5, 0.6) is 11.5 Å². The van der Waals surface area contributed by atoms with Crippen LogP contribution in [0.4, 0.5) is 0 Å². The smallest absolute Gasteiger partial charge is 0.231 e. The van der Waals surface area contributed by atoms with Crippen molar-refractivity contribution in [1.29, 1.82) is 0 Å². The lowest BCUT2D eigenvalue weighted by atomic mass is 9.92. The molecular weight excluding hydrogens is 190 g/mol. The normalized spacial score (nSPS) is 20.3. The Morgan fingerprint density at radius 1 is 1.20 bits per heavy atom. The minimum absolute atomic E-state index is 0.343. The Kier molecular flexibility index (Phi) is 1.89. The van der Waals surface area contributed by atoms with Gasteiger partial charge in [-0.3, -0.25) is 0 Å². The summed E-state index contributed by atoms with van der Waals surface area (Å²) in [4.78, 5) is 0. The van der Waals surface area contributed by atoms with Crippen LogP contribution in [0.25, 0.3) is 0 Å². The lowest BCUT2D eigenvalue weighted by Crippen LogP contribution is -2.13. The second-order valence-electron chi connectivity index (χ2n) is 4.39. The maximum atomic E-state index is 5.65. The third-order valence-corrected chi connectivity index (χ3v) is 3.46. The largest absolute Gasteiger partial charge is 0.454 e. The predicted molar refractivity (Wildman–Crippen MR) is 57.1 cm³/mol. The van der Waals surface area contributed by atoms with E-state index in [2.05, 4.69) is 12.1 Å². The van der Waals surface area contributed by atoms with Crippen molar-refractivity contribution in [1.82, 2.24) is 0 Å². The third-order valence-electron chi connectivity index (χ3n) is 3.46. The zero-order valence-electron chi connectivity index (χ0n) is 8.66. The Morgan fingerprint density at radius 3 is 2.73 bits per heavy atom. The molecule has 2 aliphatic rings. The molecule has 3 nitrogen and oxygen atoms in total. The topological polar surface area (TPSA) is 44.5 Å². The highest BCUT2D eigenvalue weighted by Crippen LogP contribution is 2.52. The zero-order valence-corrected chi connectivity index (χ0v) is 8.66. The van der Waals surface area contributed by atoms with E-state index in [0.29, 0.717) is 12.2 Å². The number of rotatable bonds is 3. The third kappa shape index (κ3) is 1.38. The summed E-state index contributed by atoms with van der Waals surface area (Å²) < 4.78 is 10.7. The number of ether oxygens (including phenoxy) is 2. The second-order valence-corrected chi connectivity index (χ2v) is 4.39. The van der Waals surface area contributed by atoms with Crippen molar-refractivity contribution in [3.8, 4) is 11.5 Å². The minimum Gasteiger partial charge on any atom is -0.454 e. The van der Waals surface area contributed by atoms with E-state index in [4.69, 9.17) is 15.2 Å². The molecule has 0 radical (unpaired) electrons. The highest BCUT2D eigenvalue weighted by molar-refractivity contribution is 5.48.